The SMILES string of the molecule is CC(c1ccc(Cl)s1)c1ccc(Cl)s1. The zero-order chi connectivity index (χ0) is 10.1. The van der Waals surface area contributed by atoms with Crippen molar-refractivity contribution in [3.05, 3.63) is 42.7 Å². The van der Waals surface area contributed by atoms with Gasteiger partial charge in [0.05, 0.1) is 8.67 Å². The van der Waals surface area contributed by atoms with Gasteiger partial charge in [-0.3, -0.25) is 0 Å². The van der Waals surface area contributed by atoms with Gasteiger partial charge in [-0.25, -0.2) is 0 Å². The van der Waals surface area contributed by atoms with E-state index in [1.807, 2.05) is 12.1 Å². The van der Waals surface area contributed by atoms with E-state index >= 15 is 0 Å². The van der Waals surface area contributed by atoms with Crippen LogP contribution in [0.3, 0.4) is 0 Å². The molecule has 0 fully saturated rings. The molecule has 0 amide bonds. The first-order valence-electron chi connectivity index (χ1n) is 4.17. The monoisotopic (exact) mass is 262 g/mol. The molecule has 0 unspecified atom stereocenters. The first-order chi connectivity index (χ1) is 6.66. The van der Waals surface area contributed by atoms with Gasteiger partial charge in [0.25, 0.3) is 0 Å². The zero-order valence-corrected chi connectivity index (χ0v) is 10.6. The molecule has 0 aliphatic heterocycles. The molecule has 0 radical (unpaired) electrons. The summed E-state index contributed by atoms with van der Waals surface area (Å²) in [6, 6.07) is 8.02. The van der Waals surface area contributed by atoms with Crippen molar-refractivity contribution in [3.8, 4) is 0 Å². The van der Waals surface area contributed by atoms with Crippen molar-refractivity contribution in [2.45, 2.75) is 12.8 Å². The summed E-state index contributed by atoms with van der Waals surface area (Å²) < 4.78 is 1.68. The van der Waals surface area contributed by atoms with Crippen LogP contribution < -0.4 is 0 Å². The van der Waals surface area contributed by atoms with Crippen molar-refractivity contribution in [1.82, 2.24) is 0 Å². The quantitative estimate of drug-likeness (QED) is 0.692. The Balaban J connectivity index is 2.28. The highest BCUT2D eigenvalue weighted by Gasteiger charge is 2.12. The van der Waals surface area contributed by atoms with E-state index in [1.54, 1.807) is 22.7 Å². The Morgan fingerprint density at radius 2 is 1.36 bits per heavy atom. The van der Waals surface area contributed by atoms with Gasteiger partial charge in [0.2, 0.25) is 0 Å². The summed E-state index contributed by atoms with van der Waals surface area (Å²) >= 11 is 15.0. The molecule has 2 aromatic rings. The van der Waals surface area contributed by atoms with Gasteiger partial charge in [0, 0.05) is 15.7 Å². The third kappa shape index (κ3) is 2.14. The average molecular weight is 263 g/mol. The molecule has 14 heavy (non-hydrogen) atoms. The highest BCUT2D eigenvalue weighted by atomic mass is 35.5. The lowest BCUT2D eigenvalue weighted by atomic mass is 10.1. The molecule has 0 aromatic carbocycles. The topological polar surface area (TPSA) is 0 Å². The lowest BCUT2D eigenvalue weighted by Crippen LogP contribution is -1.87. The molecule has 4 heteroatoms. The van der Waals surface area contributed by atoms with Crippen LogP contribution in [-0.4, -0.2) is 0 Å². The Bertz CT molecular complexity index is 391. The predicted molar refractivity (Wildman–Crippen MR) is 66.2 cm³/mol. The number of hydrogen-bond donors (Lipinski definition) is 0. The maximum Gasteiger partial charge on any atom is 0.0931 e. The number of thiophene rings is 2. The van der Waals surface area contributed by atoms with E-state index in [0.717, 1.165) is 8.67 Å². The fraction of sp³-hybridized carbons (Fsp3) is 0.200. The third-order valence-corrected chi connectivity index (χ3v) is 4.87. The van der Waals surface area contributed by atoms with E-state index in [0.29, 0.717) is 5.92 Å². The minimum Gasteiger partial charge on any atom is -0.128 e. The minimum atomic E-state index is 0.394. The largest absolute Gasteiger partial charge is 0.128 e. The van der Waals surface area contributed by atoms with Crippen molar-refractivity contribution in [2.24, 2.45) is 0 Å². The lowest BCUT2D eigenvalue weighted by molar-refractivity contribution is 0.976. The predicted octanol–water partition coefficient (Wildman–Crippen LogP) is 5.27. The summed E-state index contributed by atoms with van der Waals surface area (Å²) in [5, 5.41) is 0. The van der Waals surface area contributed by atoms with Crippen LogP contribution in [0.15, 0.2) is 24.3 Å². The van der Waals surface area contributed by atoms with Crippen LogP contribution >= 0.6 is 45.9 Å². The van der Waals surface area contributed by atoms with Gasteiger partial charge < -0.3 is 0 Å². The van der Waals surface area contributed by atoms with E-state index in [1.165, 1.54) is 9.75 Å². The second-order valence-corrected chi connectivity index (χ2v) is 6.50. The highest BCUT2D eigenvalue weighted by Crippen LogP contribution is 2.36. The summed E-state index contributed by atoms with van der Waals surface area (Å²) in [4.78, 5) is 2.57. The number of hydrogen-bond acceptors (Lipinski definition) is 2. The van der Waals surface area contributed by atoms with E-state index in [4.69, 9.17) is 23.2 Å². The van der Waals surface area contributed by atoms with E-state index in [9.17, 15) is 0 Å². The third-order valence-electron chi connectivity index (χ3n) is 2.04. The Hall–Kier alpha value is -0.0200. The average Bonchev–Trinajstić information content (AvgIpc) is 2.73. The smallest absolute Gasteiger partial charge is 0.0931 e. The summed E-state index contributed by atoms with van der Waals surface area (Å²) in [5.41, 5.74) is 0. The van der Waals surface area contributed by atoms with Gasteiger partial charge in [0.1, 0.15) is 0 Å². The summed E-state index contributed by atoms with van der Waals surface area (Å²) in [6.07, 6.45) is 0. The van der Waals surface area contributed by atoms with Crippen LogP contribution in [0, 0.1) is 0 Å². The van der Waals surface area contributed by atoms with Crippen LogP contribution in [-0.2, 0) is 0 Å². The summed E-state index contributed by atoms with van der Waals surface area (Å²) in [6.45, 7) is 2.17. The molecule has 0 saturated heterocycles. The first kappa shape index (κ1) is 10.5. The zero-order valence-electron chi connectivity index (χ0n) is 7.46. The Morgan fingerprint density at radius 3 is 1.64 bits per heavy atom. The molecule has 0 saturated carbocycles. The normalized spacial score (nSPS) is 11.1. The van der Waals surface area contributed by atoms with E-state index in [2.05, 4.69) is 19.1 Å². The van der Waals surface area contributed by atoms with Crippen LogP contribution in [0.2, 0.25) is 8.67 Å². The Kier molecular flexibility index (Phi) is 3.17. The maximum absolute atomic E-state index is 5.89. The standard InChI is InChI=1S/C10H8Cl2S2/c1-6(7-2-4-9(11)13-7)8-3-5-10(12)14-8/h2-6H,1H3. The first-order valence-corrected chi connectivity index (χ1v) is 6.56. The van der Waals surface area contributed by atoms with Crippen LogP contribution in [0.1, 0.15) is 22.6 Å². The van der Waals surface area contributed by atoms with Gasteiger partial charge in [-0.2, -0.15) is 0 Å². The Morgan fingerprint density at radius 1 is 0.929 bits per heavy atom. The molecule has 0 nitrogen and oxygen atoms in total. The van der Waals surface area contributed by atoms with E-state index < -0.39 is 0 Å². The van der Waals surface area contributed by atoms with Crippen LogP contribution in [0.5, 0.6) is 0 Å². The van der Waals surface area contributed by atoms with Crippen molar-refractivity contribution < 1.29 is 0 Å². The minimum absolute atomic E-state index is 0.394. The fourth-order valence-electron chi connectivity index (χ4n) is 1.26. The van der Waals surface area contributed by atoms with Gasteiger partial charge in [-0.15, -0.1) is 22.7 Å². The molecular weight excluding hydrogens is 255 g/mol. The molecule has 74 valence electrons. The summed E-state index contributed by atoms with van der Waals surface area (Å²) in [7, 11) is 0. The van der Waals surface area contributed by atoms with Gasteiger partial charge in [0.15, 0.2) is 0 Å². The van der Waals surface area contributed by atoms with Gasteiger partial charge >= 0.3 is 0 Å². The van der Waals surface area contributed by atoms with Gasteiger partial charge in [-0.1, -0.05) is 30.1 Å². The van der Waals surface area contributed by atoms with Crippen molar-refractivity contribution in [2.75, 3.05) is 0 Å². The van der Waals surface area contributed by atoms with Crippen LogP contribution in [0.25, 0.3) is 0 Å². The lowest BCUT2D eigenvalue weighted by Gasteiger charge is -2.04. The molecule has 2 rings (SSSR count). The molecule has 0 bridgehead atoms. The second kappa shape index (κ2) is 4.23. The number of rotatable bonds is 2. The van der Waals surface area contributed by atoms with E-state index in [-0.39, 0.29) is 0 Å². The molecule has 2 aromatic heterocycles. The van der Waals surface area contributed by atoms with Crippen molar-refractivity contribution in [3.63, 3.8) is 0 Å². The van der Waals surface area contributed by atoms with Crippen molar-refractivity contribution >= 4 is 45.9 Å². The molecule has 0 spiro atoms. The maximum atomic E-state index is 5.89. The summed E-state index contributed by atoms with van der Waals surface area (Å²) in [5.74, 6) is 0.394. The molecule has 0 N–H and O–H groups in total. The second-order valence-electron chi connectivity index (χ2n) is 3.01. The number of halogens is 2. The fourth-order valence-corrected chi connectivity index (χ4v) is 3.60. The molecule has 2 heterocycles. The molecule has 0 aliphatic rings. The molecule has 0 aliphatic carbocycles. The van der Waals surface area contributed by atoms with Gasteiger partial charge in [-0.05, 0) is 24.3 Å². The molecular formula is C10H8Cl2S2. The van der Waals surface area contributed by atoms with Crippen molar-refractivity contribution in [1.29, 1.82) is 0 Å². The van der Waals surface area contributed by atoms with Crippen LogP contribution in [0.4, 0.5) is 0 Å². The molecule has 0 atom stereocenters. The Labute approximate surface area is 101 Å². The highest BCUT2D eigenvalue weighted by molar-refractivity contribution is 7.17.